The molecule has 2 saturated heterocycles. The van der Waals surface area contributed by atoms with Crippen molar-refractivity contribution in [3.8, 4) is 0 Å². The van der Waals surface area contributed by atoms with Crippen molar-refractivity contribution in [2.75, 3.05) is 19.6 Å². The van der Waals surface area contributed by atoms with Gasteiger partial charge in [0.1, 0.15) is 12.1 Å². The van der Waals surface area contributed by atoms with Crippen molar-refractivity contribution >= 4 is 41.1 Å². The second kappa shape index (κ2) is 10.2. The lowest BCUT2D eigenvalue weighted by Crippen LogP contribution is -2.62. The quantitative estimate of drug-likeness (QED) is 0.284. The minimum Gasteiger partial charge on any atom is -0.356 e. The van der Waals surface area contributed by atoms with Crippen LogP contribution in [0.5, 0.6) is 0 Å². The van der Waals surface area contributed by atoms with Crippen LogP contribution in [0.3, 0.4) is 0 Å². The third-order valence-corrected chi connectivity index (χ3v) is 9.52. The summed E-state index contributed by atoms with van der Waals surface area (Å²) in [7, 11) is 0. The molecular formula is C26H38ClF2N5O5. The maximum absolute atomic E-state index is 14.5. The molecule has 218 valence electrons. The number of fused-ring (bicyclic) bond motifs is 1. The summed E-state index contributed by atoms with van der Waals surface area (Å²) in [6.07, 6.45) is 1.08. The highest BCUT2D eigenvalue weighted by Gasteiger charge is 2.70. The zero-order valence-corrected chi connectivity index (χ0v) is 23.7. The van der Waals surface area contributed by atoms with Crippen molar-refractivity contribution in [2.45, 2.75) is 83.7 Å². The summed E-state index contributed by atoms with van der Waals surface area (Å²) < 4.78 is 28.4. The molecule has 13 heteroatoms. The Morgan fingerprint density at radius 1 is 1.26 bits per heavy atom. The summed E-state index contributed by atoms with van der Waals surface area (Å²) in [5.41, 5.74) is -3.01. The highest BCUT2D eigenvalue weighted by atomic mass is 35.5. The number of hydrazine groups is 1. The van der Waals surface area contributed by atoms with Gasteiger partial charge >= 0.3 is 0 Å². The minimum absolute atomic E-state index is 0.0130. The second-order valence-corrected chi connectivity index (χ2v) is 13.0. The van der Waals surface area contributed by atoms with Gasteiger partial charge in [0.15, 0.2) is 5.67 Å². The van der Waals surface area contributed by atoms with Crippen LogP contribution in [0.1, 0.15) is 60.3 Å². The maximum atomic E-state index is 14.5. The summed E-state index contributed by atoms with van der Waals surface area (Å²) in [5, 5.41) is 5.96. The molecule has 0 aromatic rings. The van der Waals surface area contributed by atoms with E-state index in [-0.39, 0.29) is 49.1 Å². The Balaban J connectivity index is 1.58. The summed E-state index contributed by atoms with van der Waals surface area (Å²) >= 11 is 5.40. The largest absolute Gasteiger partial charge is 0.356 e. The Morgan fingerprint density at radius 2 is 1.90 bits per heavy atom. The van der Waals surface area contributed by atoms with E-state index in [1.807, 2.05) is 20.8 Å². The molecule has 5 amide bonds. The SMILES string of the molecule is CCC(C)(C)C(NC(=O)C1(F)CC1)C(=O)N1C[C@H]2[C@@H]([C@H]1C(=O)NN(C[C@@H]1CCNC1=O)C(=O)C(F)Cl)C2(C)C. The molecule has 2 heterocycles. The minimum atomic E-state index is -2.44. The number of rotatable bonds is 9. The van der Waals surface area contributed by atoms with E-state index in [0.717, 1.165) is 5.01 Å². The van der Waals surface area contributed by atoms with Crippen LogP contribution in [0.4, 0.5) is 8.78 Å². The molecule has 0 bridgehead atoms. The van der Waals surface area contributed by atoms with E-state index in [4.69, 9.17) is 11.6 Å². The number of alkyl halides is 3. The van der Waals surface area contributed by atoms with E-state index in [9.17, 15) is 32.8 Å². The fourth-order valence-corrected chi connectivity index (χ4v) is 6.04. The molecule has 0 radical (unpaired) electrons. The van der Waals surface area contributed by atoms with E-state index in [0.29, 0.717) is 19.4 Å². The molecule has 4 rings (SSSR count). The first kappa shape index (κ1) is 29.5. The Hall–Kier alpha value is -2.50. The molecule has 2 aliphatic heterocycles. The molecular weight excluding hydrogens is 536 g/mol. The Kier molecular flexibility index (Phi) is 7.68. The van der Waals surface area contributed by atoms with Crippen LogP contribution in [0.2, 0.25) is 0 Å². The van der Waals surface area contributed by atoms with Crippen LogP contribution in [0, 0.1) is 28.6 Å². The first-order valence-corrected chi connectivity index (χ1v) is 14.0. The van der Waals surface area contributed by atoms with Gasteiger partial charge in [-0.15, -0.1) is 0 Å². The number of amides is 5. The molecule has 0 aromatic heterocycles. The molecule has 3 N–H and O–H groups in total. The van der Waals surface area contributed by atoms with Gasteiger partial charge in [0.25, 0.3) is 23.4 Å². The lowest BCUT2D eigenvalue weighted by Gasteiger charge is -2.39. The number of likely N-dealkylation sites (tertiary alicyclic amines) is 1. The number of nitrogens with one attached hydrogen (secondary N) is 3. The van der Waals surface area contributed by atoms with E-state index in [1.165, 1.54) is 4.90 Å². The van der Waals surface area contributed by atoms with Gasteiger partial charge in [-0.05, 0) is 48.3 Å². The molecule has 2 saturated carbocycles. The Morgan fingerprint density at radius 3 is 2.41 bits per heavy atom. The summed E-state index contributed by atoms with van der Waals surface area (Å²) in [6.45, 7) is 9.73. The number of carbonyl (C=O) groups excluding carboxylic acids is 5. The molecule has 0 spiro atoms. The molecule has 6 atom stereocenters. The van der Waals surface area contributed by atoms with Gasteiger partial charge in [0.2, 0.25) is 11.8 Å². The molecule has 4 aliphatic rings. The number of piperidine rings is 1. The van der Waals surface area contributed by atoms with Crippen molar-refractivity contribution < 1.29 is 32.8 Å². The van der Waals surface area contributed by atoms with Gasteiger partial charge in [-0.1, -0.05) is 46.2 Å². The molecule has 2 aliphatic carbocycles. The van der Waals surface area contributed by atoms with Gasteiger partial charge < -0.3 is 15.5 Å². The zero-order valence-electron chi connectivity index (χ0n) is 23.0. The van der Waals surface area contributed by atoms with Crippen molar-refractivity contribution in [3.63, 3.8) is 0 Å². The van der Waals surface area contributed by atoms with Crippen LogP contribution >= 0.6 is 11.6 Å². The van der Waals surface area contributed by atoms with Crippen molar-refractivity contribution in [1.29, 1.82) is 0 Å². The number of halogens is 3. The Labute approximate surface area is 231 Å². The number of hydrogen-bond donors (Lipinski definition) is 3. The smallest absolute Gasteiger partial charge is 0.291 e. The first-order chi connectivity index (χ1) is 18.0. The van der Waals surface area contributed by atoms with Crippen molar-refractivity contribution in [1.82, 2.24) is 26.0 Å². The van der Waals surface area contributed by atoms with E-state index < -0.39 is 58.3 Å². The van der Waals surface area contributed by atoms with Crippen LogP contribution < -0.4 is 16.1 Å². The summed E-state index contributed by atoms with van der Waals surface area (Å²) in [5.74, 6) is -4.53. The molecule has 4 fully saturated rings. The average Bonchev–Trinajstić information content (AvgIpc) is 3.55. The highest BCUT2D eigenvalue weighted by molar-refractivity contribution is 6.29. The topological polar surface area (TPSA) is 128 Å². The molecule has 0 aromatic carbocycles. The number of carbonyl (C=O) groups is 5. The standard InChI is InChI=1S/C26H38ClF2N5O5/c1-6-24(2,3)17(31-23(39)26(29)8-9-26)21(37)33-12-14-15(25(14,4)5)16(33)20(36)32-34(22(38)18(27)28)11-13-7-10-30-19(13)35/h13-18H,6-12H2,1-5H3,(H,30,35)(H,31,39)(H,32,36)/t13-,14-,15-,16-,17?,18?/m0/s1. The second-order valence-electron chi connectivity index (χ2n) is 12.6. The predicted molar refractivity (Wildman–Crippen MR) is 137 cm³/mol. The van der Waals surface area contributed by atoms with Gasteiger partial charge in [-0.3, -0.25) is 29.4 Å². The van der Waals surface area contributed by atoms with Crippen LogP contribution in [0.15, 0.2) is 0 Å². The van der Waals surface area contributed by atoms with Gasteiger partial charge in [0, 0.05) is 13.1 Å². The number of nitrogens with zero attached hydrogens (tertiary/aromatic N) is 2. The van der Waals surface area contributed by atoms with E-state index >= 15 is 0 Å². The maximum Gasteiger partial charge on any atom is 0.291 e. The third kappa shape index (κ3) is 5.45. The normalized spacial score (nSPS) is 29.5. The Bertz CT molecular complexity index is 1070. The predicted octanol–water partition coefficient (Wildman–Crippen LogP) is 1.42. The van der Waals surface area contributed by atoms with Gasteiger partial charge in [-0.2, -0.15) is 0 Å². The van der Waals surface area contributed by atoms with Crippen molar-refractivity contribution in [3.05, 3.63) is 0 Å². The number of hydrogen-bond acceptors (Lipinski definition) is 5. The first-order valence-electron chi connectivity index (χ1n) is 13.5. The monoisotopic (exact) mass is 573 g/mol. The summed E-state index contributed by atoms with van der Waals surface area (Å²) in [6, 6.07) is -2.11. The lowest BCUT2D eigenvalue weighted by atomic mass is 9.80. The van der Waals surface area contributed by atoms with Gasteiger partial charge in [0.05, 0.1) is 12.5 Å². The van der Waals surface area contributed by atoms with Gasteiger partial charge in [-0.25, -0.2) is 13.8 Å². The zero-order chi connectivity index (χ0) is 29.1. The molecule has 10 nitrogen and oxygen atoms in total. The molecule has 2 unspecified atom stereocenters. The van der Waals surface area contributed by atoms with E-state index in [2.05, 4.69) is 16.1 Å². The van der Waals surface area contributed by atoms with Crippen LogP contribution in [0.25, 0.3) is 0 Å². The van der Waals surface area contributed by atoms with Crippen molar-refractivity contribution in [2.24, 2.45) is 28.6 Å². The third-order valence-electron chi connectivity index (χ3n) is 9.33. The highest BCUT2D eigenvalue weighted by Crippen LogP contribution is 2.65. The molecule has 39 heavy (non-hydrogen) atoms. The fourth-order valence-electron chi connectivity index (χ4n) is 5.92. The average molecular weight is 574 g/mol. The lowest BCUT2D eigenvalue weighted by molar-refractivity contribution is -0.151. The fraction of sp³-hybridized carbons (Fsp3) is 0.808. The van der Waals surface area contributed by atoms with Crippen LogP contribution in [-0.4, -0.2) is 82.5 Å². The van der Waals surface area contributed by atoms with Crippen LogP contribution in [-0.2, 0) is 24.0 Å². The summed E-state index contributed by atoms with van der Waals surface area (Å²) in [4.78, 5) is 66.3. The van der Waals surface area contributed by atoms with E-state index in [1.54, 1.807) is 13.8 Å².